The van der Waals surface area contributed by atoms with Gasteiger partial charge in [-0.2, -0.15) is 0 Å². The standard InChI is InChI=1S/C16H22N2O2/c1-17-13-9-11(15(19)20-2)3-4-12(13)14-10-16(5-6-16)7-8-18-14/h3-4,9,14,17-18H,5-8,10H2,1-2H3. The molecule has 2 aliphatic rings. The van der Waals surface area contributed by atoms with Gasteiger partial charge in [-0.05, 0) is 55.3 Å². The molecule has 1 aliphatic heterocycles. The number of carbonyl (C=O) groups is 1. The van der Waals surface area contributed by atoms with Gasteiger partial charge in [-0.25, -0.2) is 4.79 Å². The van der Waals surface area contributed by atoms with Crippen LogP contribution in [0.15, 0.2) is 18.2 Å². The summed E-state index contributed by atoms with van der Waals surface area (Å²) in [6.07, 6.45) is 5.26. The van der Waals surface area contributed by atoms with E-state index < -0.39 is 0 Å². The van der Waals surface area contributed by atoms with Gasteiger partial charge < -0.3 is 15.4 Å². The second kappa shape index (κ2) is 5.09. The number of ether oxygens (including phenoxy) is 1. The van der Waals surface area contributed by atoms with Crippen molar-refractivity contribution in [2.75, 3.05) is 26.0 Å². The third-order valence-corrected chi connectivity index (χ3v) is 4.76. The van der Waals surface area contributed by atoms with Crippen LogP contribution in [0, 0.1) is 5.41 Å². The molecule has 1 aliphatic carbocycles. The van der Waals surface area contributed by atoms with Gasteiger partial charge in [-0.15, -0.1) is 0 Å². The molecule has 0 bridgehead atoms. The first-order valence-corrected chi connectivity index (χ1v) is 7.31. The molecule has 1 saturated heterocycles. The van der Waals surface area contributed by atoms with Crippen molar-refractivity contribution in [3.63, 3.8) is 0 Å². The Labute approximate surface area is 119 Å². The molecule has 2 fully saturated rings. The van der Waals surface area contributed by atoms with Gasteiger partial charge in [-0.3, -0.25) is 0 Å². The van der Waals surface area contributed by atoms with Gasteiger partial charge in [-0.1, -0.05) is 6.07 Å². The Morgan fingerprint density at radius 3 is 2.85 bits per heavy atom. The molecule has 1 heterocycles. The monoisotopic (exact) mass is 274 g/mol. The Bertz CT molecular complexity index is 523. The zero-order chi connectivity index (χ0) is 14.2. The molecule has 1 aromatic rings. The van der Waals surface area contributed by atoms with Gasteiger partial charge in [0.25, 0.3) is 0 Å². The van der Waals surface area contributed by atoms with Crippen molar-refractivity contribution in [2.45, 2.75) is 31.7 Å². The Hall–Kier alpha value is -1.55. The second-order valence-electron chi connectivity index (χ2n) is 6.00. The van der Waals surface area contributed by atoms with Crippen LogP contribution in [0.5, 0.6) is 0 Å². The first kappa shape index (κ1) is 13.4. The van der Waals surface area contributed by atoms with E-state index in [1.54, 1.807) is 0 Å². The first-order valence-electron chi connectivity index (χ1n) is 7.31. The highest BCUT2D eigenvalue weighted by Crippen LogP contribution is 2.56. The maximum absolute atomic E-state index is 11.6. The maximum Gasteiger partial charge on any atom is 0.337 e. The largest absolute Gasteiger partial charge is 0.465 e. The van der Waals surface area contributed by atoms with Crippen molar-refractivity contribution in [1.29, 1.82) is 0 Å². The van der Waals surface area contributed by atoms with Crippen molar-refractivity contribution < 1.29 is 9.53 Å². The molecule has 2 N–H and O–H groups in total. The Balaban J connectivity index is 1.86. The van der Waals surface area contributed by atoms with E-state index in [2.05, 4.69) is 16.7 Å². The number of hydrogen-bond acceptors (Lipinski definition) is 4. The number of esters is 1. The summed E-state index contributed by atoms with van der Waals surface area (Å²) in [5, 5.41) is 6.82. The van der Waals surface area contributed by atoms with E-state index in [0.29, 0.717) is 17.0 Å². The van der Waals surface area contributed by atoms with Gasteiger partial charge in [0.05, 0.1) is 12.7 Å². The summed E-state index contributed by atoms with van der Waals surface area (Å²) >= 11 is 0. The predicted octanol–water partition coefficient (Wildman–Crippen LogP) is 2.72. The van der Waals surface area contributed by atoms with Crippen LogP contribution in [0.1, 0.15) is 47.6 Å². The van der Waals surface area contributed by atoms with Gasteiger partial charge in [0.2, 0.25) is 0 Å². The van der Waals surface area contributed by atoms with Crippen molar-refractivity contribution in [1.82, 2.24) is 5.32 Å². The van der Waals surface area contributed by atoms with Crippen LogP contribution in [0.25, 0.3) is 0 Å². The third kappa shape index (κ3) is 2.40. The van der Waals surface area contributed by atoms with Crippen molar-refractivity contribution in [3.8, 4) is 0 Å². The Morgan fingerprint density at radius 1 is 1.40 bits per heavy atom. The van der Waals surface area contributed by atoms with Crippen LogP contribution in [-0.4, -0.2) is 26.7 Å². The molecule has 1 aromatic carbocycles. The summed E-state index contributed by atoms with van der Waals surface area (Å²) in [7, 11) is 3.31. The average molecular weight is 274 g/mol. The lowest BCUT2D eigenvalue weighted by Crippen LogP contribution is -2.33. The molecular weight excluding hydrogens is 252 g/mol. The van der Waals surface area contributed by atoms with Gasteiger partial charge in [0, 0.05) is 18.8 Å². The van der Waals surface area contributed by atoms with E-state index >= 15 is 0 Å². The topological polar surface area (TPSA) is 50.4 Å². The molecule has 0 aromatic heterocycles. The lowest BCUT2D eigenvalue weighted by atomic mass is 9.85. The minimum absolute atomic E-state index is 0.289. The van der Waals surface area contributed by atoms with Crippen LogP contribution in [0.4, 0.5) is 5.69 Å². The summed E-state index contributed by atoms with van der Waals surface area (Å²) in [6.45, 7) is 1.09. The minimum Gasteiger partial charge on any atom is -0.465 e. The van der Waals surface area contributed by atoms with E-state index in [1.165, 1.54) is 38.4 Å². The molecule has 4 nitrogen and oxygen atoms in total. The SMILES string of the molecule is CNc1cc(C(=O)OC)ccc1C1CC2(CCN1)CC2. The van der Waals surface area contributed by atoms with Gasteiger partial charge in [0.1, 0.15) is 0 Å². The Kier molecular flexibility index (Phi) is 3.42. The average Bonchev–Trinajstić information content (AvgIpc) is 3.24. The van der Waals surface area contributed by atoms with Crippen molar-refractivity contribution in [2.24, 2.45) is 5.41 Å². The number of benzene rings is 1. The van der Waals surface area contributed by atoms with E-state index in [4.69, 9.17) is 4.74 Å². The number of piperidine rings is 1. The summed E-state index contributed by atoms with van der Waals surface area (Å²) in [6, 6.07) is 6.19. The number of nitrogens with one attached hydrogen (secondary N) is 2. The molecule has 108 valence electrons. The van der Waals surface area contributed by atoms with E-state index in [-0.39, 0.29) is 5.97 Å². The number of methoxy groups -OCH3 is 1. The number of rotatable bonds is 3. The lowest BCUT2D eigenvalue weighted by molar-refractivity contribution is 0.0600. The molecule has 0 amide bonds. The van der Waals surface area contributed by atoms with E-state index in [1.807, 2.05) is 19.2 Å². The molecule has 1 saturated carbocycles. The lowest BCUT2D eigenvalue weighted by Gasteiger charge is -2.32. The molecule has 4 heteroatoms. The highest BCUT2D eigenvalue weighted by Gasteiger charge is 2.46. The highest BCUT2D eigenvalue weighted by atomic mass is 16.5. The zero-order valence-corrected chi connectivity index (χ0v) is 12.2. The van der Waals surface area contributed by atoms with E-state index in [0.717, 1.165) is 12.2 Å². The fourth-order valence-electron chi connectivity index (χ4n) is 3.29. The summed E-state index contributed by atoms with van der Waals surface area (Å²) in [5.74, 6) is -0.289. The number of carbonyl (C=O) groups excluding carboxylic acids is 1. The summed E-state index contributed by atoms with van der Waals surface area (Å²) in [4.78, 5) is 11.6. The van der Waals surface area contributed by atoms with Crippen LogP contribution in [0.3, 0.4) is 0 Å². The fraction of sp³-hybridized carbons (Fsp3) is 0.562. The molecule has 1 unspecified atom stereocenters. The molecule has 1 atom stereocenters. The van der Waals surface area contributed by atoms with Crippen molar-refractivity contribution in [3.05, 3.63) is 29.3 Å². The number of anilines is 1. The third-order valence-electron chi connectivity index (χ3n) is 4.76. The fourth-order valence-corrected chi connectivity index (χ4v) is 3.29. The molecule has 1 spiro atoms. The summed E-state index contributed by atoms with van der Waals surface area (Å²) < 4.78 is 4.78. The first-order chi connectivity index (χ1) is 9.67. The van der Waals surface area contributed by atoms with Crippen molar-refractivity contribution >= 4 is 11.7 Å². The Morgan fingerprint density at radius 2 is 2.20 bits per heavy atom. The van der Waals surface area contributed by atoms with Gasteiger partial charge in [0.15, 0.2) is 0 Å². The van der Waals surface area contributed by atoms with Gasteiger partial charge >= 0.3 is 5.97 Å². The molecule has 20 heavy (non-hydrogen) atoms. The van der Waals surface area contributed by atoms with E-state index in [9.17, 15) is 4.79 Å². The van der Waals surface area contributed by atoms with Crippen LogP contribution in [0.2, 0.25) is 0 Å². The molecular formula is C16H22N2O2. The van der Waals surface area contributed by atoms with Crippen LogP contribution in [-0.2, 0) is 4.74 Å². The highest BCUT2D eigenvalue weighted by molar-refractivity contribution is 5.90. The smallest absolute Gasteiger partial charge is 0.337 e. The minimum atomic E-state index is -0.289. The predicted molar refractivity (Wildman–Crippen MR) is 79.0 cm³/mol. The molecule has 3 rings (SSSR count). The second-order valence-corrected chi connectivity index (χ2v) is 6.00. The van der Waals surface area contributed by atoms with Crippen LogP contribution >= 0.6 is 0 Å². The van der Waals surface area contributed by atoms with Crippen LogP contribution < -0.4 is 10.6 Å². The normalized spacial score (nSPS) is 23.4. The zero-order valence-electron chi connectivity index (χ0n) is 12.2. The summed E-state index contributed by atoms with van der Waals surface area (Å²) in [5.41, 5.74) is 3.47. The number of hydrogen-bond donors (Lipinski definition) is 2. The molecule has 0 radical (unpaired) electrons. The maximum atomic E-state index is 11.6. The quantitative estimate of drug-likeness (QED) is 0.832.